The van der Waals surface area contributed by atoms with Gasteiger partial charge in [0, 0.05) is 25.8 Å². The molecule has 0 aliphatic carbocycles. The third kappa shape index (κ3) is 3.24. The summed E-state index contributed by atoms with van der Waals surface area (Å²) in [5, 5.41) is 3.23. The van der Waals surface area contributed by atoms with Gasteiger partial charge in [-0.1, -0.05) is 30.3 Å². The van der Waals surface area contributed by atoms with Gasteiger partial charge in [0.15, 0.2) is 0 Å². The second-order valence-corrected chi connectivity index (χ2v) is 5.63. The standard InChI is InChI=1S/C18H23N3/c1-19-11-13-21-12-5-8-17-16(9-10-20-18(17)21)14-15-6-3-2-4-7-15/h2-4,6-7,9-10,19H,5,8,11-14H2,1H3. The Kier molecular flexibility index (Phi) is 4.51. The zero-order valence-corrected chi connectivity index (χ0v) is 12.7. The van der Waals surface area contributed by atoms with Crippen LogP contribution in [0.4, 0.5) is 5.82 Å². The number of aromatic nitrogens is 1. The van der Waals surface area contributed by atoms with E-state index in [0.717, 1.165) is 32.5 Å². The summed E-state index contributed by atoms with van der Waals surface area (Å²) < 4.78 is 0. The molecule has 110 valence electrons. The summed E-state index contributed by atoms with van der Waals surface area (Å²) in [5.74, 6) is 1.20. The van der Waals surface area contributed by atoms with Crippen LogP contribution >= 0.6 is 0 Å². The molecule has 1 aliphatic heterocycles. The highest BCUT2D eigenvalue weighted by Crippen LogP contribution is 2.28. The maximum Gasteiger partial charge on any atom is 0.132 e. The molecular formula is C18H23N3. The van der Waals surface area contributed by atoms with Crippen molar-refractivity contribution in [2.45, 2.75) is 19.3 Å². The highest BCUT2D eigenvalue weighted by atomic mass is 15.2. The molecule has 0 amide bonds. The second-order valence-electron chi connectivity index (χ2n) is 5.63. The minimum Gasteiger partial charge on any atom is -0.355 e. The van der Waals surface area contributed by atoms with E-state index in [-0.39, 0.29) is 0 Å². The van der Waals surface area contributed by atoms with Crippen molar-refractivity contribution in [1.82, 2.24) is 10.3 Å². The monoisotopic (exact) mass is 281 g/mol. The van der Waals surface area contributed by atoms with E-state index >= 15 is 0 Å². The van der Waals surface area contributed by atoms with E-state index in [0.29, 0.717) is 0 Å². The van der Waals surface area contributed by atoms with Gasteiger partial charge in [-0.05, 0) is 49.1 Å². The van der Waals surface area contributed by atoms with Crippen molar-refractivity contribution in [2.24, 2.45) is 0 Å². The van der Waals surface area contributed by atoms with E-state index in [1.165, 1.54) is 28.9 Å². The summed E-state index contributed by atoms with van der Waals surface area (Å²) in [6, 6.07) is 12.9. The van der Waals surface area contributed by atoms with Crippen molar-refractivity contribution >= 4 is 5.82 Å². The Hall–Kier alpha value is -1.87. The molecule has 3 heteroatoms. The quantitative estimate of drug-likeness (QED) is 0.913. The van der Waals surface area contributed by atoms with Gasteiger partial charge in [0.2, 0.25) is 0 Å². The predicted molar refractivity (Wildman–Crippen MR) is 87.9 cm³/mol. The zero-order chi connectivity index (χ0) is 14.5. The Morgan fingerprint density at radius 3 is 2.86 bits per heavy atom. The van der Waals surface area contributed by atoms with Gasteiger partial charge in [0.25, 0.3) is 0 Å². The molecule has 21 heavy (non-hydrogen) atoms. The normalized spacial score (nSPS) is 14.0. The highest BCUT2D eigenvalue weighted by molar-refractivity contribution is 5.53. The van der Waals surface area contributed by atoms with E-state index in [1.54, 1.807) is 0 Å². The Morgan fingerprint density at radius 2 is 2.05 bits per heavy atom. The molecule has 0 fully saturated rings. The number of fused-ring (bicyclic) bond motifs is 1. The number of nitrogens with one attached hydrogen (secondary N) is 1. The molecule has 2 aromatic rings. The predicted octanol–water partition coefficient (Wildman–Crippen LogP) is 2.64. The van der Waals surface area contributed by atoms with Crippen molar-refractivity contribution in [3.63, 3.8) is 0 Å². The number of pyridine rings is 1. The van der Waals surface area contributed by atoms with Crippen molar-refractivity contribution in [3.05, 3.63) is 59.3 Å². The number of rotatable bonds is 5. The van der Waals surface area contributed by atoms with E-state index < -0.39 is 0 Å². The van der Waals surface area contributed by atoms with Crippen molar-refractivity contribution in [3.8, 4) is 0 Å². The van der Waals surface area contributed by atoms with Crippen molar-refractivity contribution < 1.29 is 0 Å². The first-order valence-electron chi connectivity index (χ1n) is 7.78. The first-order chi connectivity index (χ1) is 10.4. The van der Waals surface area contributed by atoms with Gasteiger partial charge in [0.1, 0.15) is 5.82 Å². The molecule has 1 aromatic heterocycles. The van der Waals surface area contributed by atoms with Gasteiger partial charge < -0.3 is 10.2 Å². The Labute approximate surface area is 127 Å². The van der Waals surface area contributed by atoms with Gasteiger partial charge in [-0.15, -0.1) is 0 Å². The maximum atomic E-state index is 4.65. The first-order valence-corrected chi connectivity index (χ1v) is 7.78. The minimum absolute atomic E-state index is 1.00. The number of hydrogen-bond acceptors (Lipinski definition) is 3. The smallest absolute Gasteiger partial charge is 0.132 e. The van der Waals surface area contributed by atoms with Crippen LogP contribution < -0.4 is 10.2 Å². The molecule has 1 aliphatic rings. The summed E-state index contributed by atoms with van der Waals surface area (Å²) in [7, 11) is 2.00. The zero-order valence-electron chi connectivity index (χ0n) is 12.7. The molecule has 0 saturated carbocycles. The lowest BCUT2D eigenvalue weighted by Crippen LogP contribution is -2.35. The Balaban J connectivity index is 1.86. The van der Waals surface area contributed by atoms with E-state index in [2.05, 4.69) is 51.6 Å². The lowest BCUT2D eigenvalue weighted by molar-refractivity contribution is 0.651. The van der Waals surface area contributed by atoms with Gasteiger partial charge >= 0.3 is 0 Å². The van der Waals surface area contributed by atoms with Gasteiger partial charge in [-0.2, -0.15) is 0 Å². The molecule has 0 unspecified atom stereocenters. The third-order valence-electron chi connectivity index (χ3n) is 4.15. The lowest BCUT2D eigenvalue weighted by Gasteiger charge is -2.31. The van der Waals surface area contributed by atoms with Crippen LogP contribution in [0.25, 0.3) is 0 Å². The highest BCUT2D eigenvalue weighted by Gasteiger charge is 2.20. The minimum atomic E-state index is 1.00. The van der Waals surface area contributed by atoms with Crippen LogP contribution in [0.3, 0.4) is 0 Å². The molecule has 0 bridgehead atoms. The number of nitrogens with zero attached hydrogens (tertiary/aromatic N) is 2. The SMILES string of the molecule is CNCCN1CCCc2c(Cc3ccccc3)ccnc21. The average molecular weight is 281 g/mol. The van der Waals surface area contributed by atoms with E-state index in [4.69, 9.17) is 0 Å². The number of likely N-dealkylation sites (N-methyl/N-ethyl adjacent to an activating group) is 1. The summed E-state index contributed by atoms with van der Waals surface area (Å²) >= 11 is 0. The van der Waals surface area contributed by atoms with Crippen LogP contribution in [-0.2, 0) is 12.8 Å². The van der Waals surface area contributed by atoms with E-state index in [9.17, 15) is 0 Å². The van der Waals surface area contributed by atoms with Crippen LogP contribution in [-0.4, -0.2) is 31.7 Å². The summed E-state index contributed by atoms with van der Waals surface area (Å²) in [5.41, 5.74) is 4.25. The topological polar surface area (TPSA) is 28.2 Å². The Bertz CT molecular complexity index is 580. The molecule has 0 spiro atoms. The molecule has 1 N–H and O–H groups in total. The summed E-state index contributed by atoms with van der Waals surface area (Å²) in [4.78, 5) is 7.07. The summed E-state index contributed by atoms with van der Waals surface area (Å²) in [6.45, 7) is 3.16. The second kappa shape index (κ2) is 6.72. The molecule has 3 rings (SSSR count). The number of benzene rings is 1. The summed E-state index contributed by atoms with van der Waals surface area (Å²) in [6.07, 6.45) is 5.35. The van der Waals surface area contributed by atoms with Gasteiger partial charge in [-0.3, -0.25) is 0 Å². The van der Waals surface area contributed by atoms with Gasteiger partial charge in [0.05, 0.1) is 0 Å². The maximum absolute atomic E-state index is 4.65. The van der Waals surface area contributed by atoms with Crippen LogP contribution in [0.5, 0.6) is 0 Å². The van der Waals surface area contributed by atoms with Crippen molar-refractivity contribution in [1.29, 1.82) is 0 Å². The molecule has 0 saturated heterocycles. The number of anilines is 1. The largest absolute Gasteiger partial charge is 0.355 e. The molecule has 0 atom stereocenters. The molecular weight excluding hydrogens is 258 g/mol. The van der Waals surface area contributed by atoms with Gasteiger partial charge in [-0.25, -0.2) is 4.98 Å². The fraction of sp³-hybridized carbons (Fsp3) is 0.389. The lowest BCUT2D eigenvalue weighted by atomic mass is 9.95. The Morgan fingerprint density at radius 1 is 1.19 bits per heavy atom. The fourth-order valence-electron chi connectivity index (χ4n) is 3.06. The number of hydrogen-bond donors (Lipinski definition) is 1. The third-order valence-corrected chi connectivity index (χ3v) is 4.15. The van der Waals surface area contributed by atoms with Crippen LogP contribution in [0.15, 0.2) is 42.6 Å². The molecule has 1 aromatic carbocycles. The van der Waals surface area contributed by atoms with Crippen molar-refractivity contribution in [2.75, 3.05) is 31.6 Å². The molecule has 0 radical (unpaired) electrons. The first kappa shape index (κ1) is 14.1. The molecule has 3 nitrogen and oxygen atoms in total. The molecule has 2 heterocycles. The average Bonchev–Trinajstić information content (AvgIpc) is 2.54. The van der Waals surface area contributed by atoms with Crippen LogP contribution in [0, 0.1) is 0 Å². The fourth-order valence-corrected chi connectivity index (χ4v) is 3.06. The van der Waals surface area contributed by atoms with E-state index in [1.807, 2.05) is 13.2 Å². The van der Waals surface area contributed by atoms with Crippen LogP contribution in [0.1, 0.15) is 23.1 Å². The van der Waals surface area contributed by atoms with Crippen LogP contribution in [0.2, 0.25) is 0 Å².